The number of imidazole rings is 1. The molecule has 5 heteroatoms. The van der Waals surface area contributed by atoms with E-state index >= 15 is 0 Å². The minimum Gasteiger partial charge on any atom is -0.469 e. The van der Waals surface area contributed by atoms with Crippen molar-refractivity contribution in [3.63, 3.8) is 0 Å². The lowest BCUT2D eigenvalue weighted by molar-refractivity contribution is 0.0952. The number of hydrogen-bond acceptors (Lipinski definition) is 3. The zero-order chi connectivity index (χ0) is 12.1. The van der Waals surface area contributed by atoms with E-state index in [4.69, 9.17) is 4.42 Å². The largest absolute Gasteiger partial charge is 0.469 e. The quantitative estimate of drug-likeness (QED) is 0.822. The molecule has 2 N–H and O–H groups in total. The fourth-order valence-corrected chi connectivity index (χ4v) is 1.64. The smallest absolute Gasteiger partial charge is 0.254 e. The third-order valence-electron chi connectivity index (χ3n) is 2.51. The topological polar surface area (TPSA) is 70.9 Å². The van der Waals surface area contributed by atoms with Crippen LogP contribution < -0.4 is 5.32 Å². The number of aryl methyl sites for hydroxylation is 1. The molecule has 0 atom stereocenters. The van der Waals surface area contributed by atoms with Gasteiger partial charge in [-0.05, 0) is 6.07 Å². The van der Waals surface area contributed by atoms with Gasteiger partial charge in [-0.3, -0.25) is 4.79 Å². The summed E-state index contributed by atoms with van der Waals surface area (Å²) in [4.78, 5) is 18.9. The maximum Gasteiger partial charge on any atom is 0.254 e. The van der Waals surface area contributed by atoms with Crippen LogP contribution in [-0.4, -0.2) is 22.4 Å². The Morgan fingerprint density at radius 1 is 1.59 bits per heavy atom. The predicted octanol–water partition coefficient (Wildman–Crippen LogP) is 1.54. The van der Waals surface area contributed by atoms with Gasteiger partial charge in [-0.25, -0.2) is 4.98 Å². The SMILES string of the molecule is CCc1occc1C(=O)NCCc1ncc[nH]1. The van der Waals surface area contributed by atoms with E-state index in [2.05, 4.69) is 15.3 Å². The minimum absolute atomic E-state index is 0.0952. The summed E-state index contributed by atoms with van der Waals surface area (Å²) < 4.78 is 5.21. The third kappa shape index (κ3) is 2.75. The number of furan rings is 1. The maximum absolute atomic E-state index is 11.8. The molecule has 5 nitrogen and oxygen atoms in total. The number of hydrogen-bond donors (Lipinski definition) is 2. The fourth-order valence-electron chi connectivity index (χ4n) is 1.64. The highest BCUT2D eigenvalue weighted by Crippen LogP contribution is 2.10. The van der Waals surface area contributed by atoms with Gasteiger partial charge >= 0.3 is 0 Å². The van der Waals surface area contributed by atoms with Crippen LogP contribution in [-0.2, 0) is 12.8 Å². The zero-order valence-electron chi connectivity index (χ0n) is 9.69. The number of carbonyl (C=O) groups is 1. The molecular weight excluding hydrogens is 218 g/mol. The van der Waals surface area contributed by atoms with E-state index < -0.39 is 0 Å². The third-order valence-corrected chi connectivity index (χ3v) is 2.51. The van der Waals surface area contributed by atoms with Crippen LogP contribution >= 0.6 is 0 Å². The summed E-state index contributed by atoms with van der Waals surface area (Å²) in [6.45, 7) is 2.51. The Hall–Kier alpha value is -2.04. The molecule has 0 saturated heterocycles. The molecule has 0 aliphatic heterocycles. The monoisotopic (exact) mass is 233 g/mol. The summed E-state index contributed by atoms with van der Waals surface area (Å²) in [7, 11) is 0. The molecule has 2 heterocycles. The molecule has 0 spiro atoms. The molecule has 1 amide bonds. The molecule has 0 saturated carbocycles. The Balaban J connectivity index is 1.85. The molecule has 2 rings (SSSR count). The van der Waals surface area contributed by atoms with Crippen LogP contribution in [0, 0.1) is 0 Å². The van der Waals surface area contributed by atoms with Crippen LogP contribution in [0.4, 0.5) is 0 Å². The van der Waals surface area contributed by atoms with Crippen molar-refractivity contribution in [2.24, 2.45) is 0 Å². The fraction of sp³-hybridized carbons (Fsp3) is 0.333. The highest BCUT2D eigenvalue weighted by Gasteiger charge is 2.12. The molecule has 2 aromatic rings. The van der Waals surface area contributed by atoms with Crippen molar-refractivity contribution in [1.82, 2.24) is 15.3 Å². The van der Waals surface area contributed by atoms with E-state index in [-0.39, 0.29) is 5.91 Å². The molecule has 90 valence electrons. The van der Waals surface area contributed by atoms with Gasteiger partial charge in [0.25, 0.3) is 5.91 Å². The Labute approximate surface area is 99.2 Å². The second kappa shape index (κ2) is 5.34. The summed E-state index contributed by atoms with van der Waals surface area (Å²) in [5.74, 6) is 1.50. The van der Waals surface area contributed by atoms with E-state index in [1.165, 1.54) is 0 Å². The highest BCUT2D eigenvalue weighted by molar-refractivity contribution is 5.95. The normalized spacial score (nSPS) is 10.4. The van der Waals surface area contributed by atoms with Gasteiger partial charge in [0.1, 0.15) is 11.6 Å². The Kier molecular flexibility index (Phi) is 3.59. The lowest BCUT2D eigenvalue weighted by Crippen LogP contribution is -2.26. The molecule has 0 aromatic carbocycles. The van der Waals surface area contributed by atoms with Crippen LogP contribution in [0.15, 0.2) is 29.1 Å². The molecular formula is C12H15N3O2. The van der Waals surface area contributed by atoms with Crippen molar-refractivity contribution in [2.75, 3.05) is 6.54 Å². The molecule has 0 radical (unpaired) electrons. The Morgan fingerprint density at radius 3 is 3.18 bits per heavy atom. The van der Waals surface area contributed by atoms with Gasteiger partial charge < -0.3 is 14.7 Å². The van der Waals surface area contributed by atoms with E-state index in [0.717, 1.165) is 11.6 Å². The number of aromatic nitrogens is 2. The van der Waals surface area contributed by atoms with Crippen LogP contribution in [0.2, 0.25) is 0 Å². The zero-order valence-corrected chi connectivity index (χ0v) is 9.69. The molecule has 17 heavy (non-hydrogen) atoms. The maximum atomic E-state index is 11.8. The average Bonchev–Trinajstić information content (AvgIpc) is 2.99. The Morgan fingerprint density at radius 2 is 2.47 bits per heavy atom. The van der Waals surface area contributed by atoms with Gasteiger partial charge in [-0.2, -0.15) is 0 Å². The molecule has 2 aromatic heterocycles. The highest BCUT2D eigenvalue weighted by atomic mass is 16.3. The number of nitrogens with zero attached hydrogens (tertiary/aromatic N) is 1. The molecule has 0 bridgehead atoms. The second-order valence-electron chi connectivity index (χ2n) is 3.65. The minimum atomic E-state index is -0.0952. The van der Waals surface area contributed by atoms with E-state index in [1.54, 1.807) is 24.7 Å². The van der Waals surface area contributed by atoms with Crippen molar-refractivity contribution in [1.29, 1.82) is 0 Å². The first-order valence-electron chi connectivity index (χ1n) is 5.64. The van der Waals surface area contributed by atoms with Crippen molar-refractivity contribution in [3.8, 4) is 0 Å². The lowest BCUT2D eigenvalue weighted by atomic mass is 10.2. The number of rotatable bonds is 5. The molecule has 0 aliphatic carbocycles. The first-order valence-corrected chi connectivity index (χ1v) is 5.64. The van der Waals surface area contributed by atoms with Gasteiger partial charge in [0.2, 0.25) is 0 Å². The van der Waals surface area contributed by atoms with E-state index in [1.807, 2.05) is 6.92 Å². The predicted molar refractivity (Wildman–Crippen MR) is 62.7 cm³/mol. The summed E-state index contributed by atoms with van der Waals surface area (Å²) >= 11 is 0. The first kappa shape index (κ1) is 11.4. The molecule has 0 fully saturated rings. The van der Waals surface area contributed by atoms with Gasteiger partial charge in [-0.1, -0.05) is 6.92 Å². The second-order valence-corrected chi connectivity index (χ2v) is 3.65. The van der Waals surface area contributed by atoms with Crippen molar-refractivity contribution in [3.05, 3.63) is 41.9 Å². The summed E-state index contributed by atoms with van der Waals surface area (Å²) in [5.41, 5.74) is 0.618. The van der Waals surface area contributed by atoms with Gasteiger partial charge in [-0.15, -0.1) is 0 Å². The number of aromatic amines is 1. The van der Waals surface area contributed by atoms with Crippen LogP contribution in [0.1, 0.15) is 28.9 Å². The lowest BCUT2D eigenvalue weighted by Gasteiger charge is -2.03. The number of carbonyl (C=O) groups excluding carboxylic acids is 1. The van der Waals surface area contributed by atoms with Gasteiger partial charge in [0.15, 0.2) is 0 Å². The summed E-state index contributed by atoms with van der Waals surface area (Å²) in [5, 5.41) is 2.84. The molecule has 0 unspecified atom stereocenters. The number of amides is 1. The number of H-pyrrole nitrogens is 1. The van der Waals surface area contributed by atoms with Gasteiger partial charge in [0, 0.05) is 31.8 Å². The van der Waals surface area contributed by atoms with Crippen LogP contribution in [0.25, 0.3) is 0 Å². The standard InChI is InChI=1S/C12H15N3O2/c1-2-10-9(4-8-17-10)12(16)15-5-3-11-13-6-7-14-11/h4,6-8H,2-3,5H2,1H3,(H,13,14)(H,15,16). The van der Waals surface area contributed by atoms with Crippen molar-refractivity contribution in [2.45, 2.75) is 19.8 Å². The summed E-state index contributed by atoms with van der Waals surface area (Å²) in [6, 6.07) is 1.70. The van der Waals surface area contributed by atoms with Crippen molar-refractivity contribution >= 4 is 5.91 Å². The Bertz CT molecular complexity index is 474. The molecule has 0 aliphatic rings. The van der Waals surface area contributed by atoms with Crippen LogP contribution in [0.3, 0.4) is 0 Å². The first-order chi connectivity index (χ1) is 8.31. The van der Waals surface area contributed by atoms with E-state index in [0.29, 0.717) is 24.9 Å². The van der Waals surface area contributed by atoms with E-state index in [9.17, 15) is 4.79 Å². The average molecular weight is 233 g/mol. The van der Waals surface area contributed by atoms with Crippen LogP contribution in [0.5, 0.6) is 0 Å². The summed E-state index contributed by atoms with van der Waals surface area (Å²) in [6.07, 6.45) is 6.41. The van der Waals surface area contributed by atoms with Gasteiger partial charge in [0.05, 0.1) is 11.8 Å². The van der Waals surface area contributed by atoms with Crippen molar-refractivity contribution < 1.29 is 9.21 Å². The number of nitrogens with one attached hydrogen (secondary N) is 2.